The molecule has 1 unspecified atom stereocenters. The number of carbonyl (C=O) groups excluding carboxylic acids is 2. The summed E-state index contributed by atoms with van der Waals surface area (Å²) in [4.78, 5) is 24.2. The predicted molar refractivity (Wildman–Crippen MR) is 53.7 cm³/mol. The number of nitrogens with zero attached hydrogens (tertiary/aromatic N) is 1. The lowest BCUT2D eigenvalue weighted by atomic mass is 10.1. The standard InChI is InChI=1S/C10H19NO3/c1-5-11(4)10(13)8(3)7-9(12)14-6-2/h8H,5-7H2,1-4H3. The van der Waals surface area contributed by atoms with Crippen LogP contribution in [0, 0.1) is 5.92 Å². The van der Waals surface area contributed by atoms with Crippen molar-refractivity contribution in [2.45, 2.75) is 27.2 Å². The first-order chi connectivity index (χ1) is 6.52. The quantitative estimate of drug-likeness (QED) is 0.625. The second-order valence-electron chi connectivity index (χ2n) is 3.26. The minimum Gasteiger partial charge on any atom is -0.466 e. The third-order valence-electron chi connectivity index (χ3n) is 2.05. The number of hydrogen-bond acceptors (Lipinski definition) is 3. The van der Waals surface area contributed by atoms with Crippen molar-refractivity contribution in [3.05, 3.63) is 0 Å². The van der Waals surface area contributed by atoms with E-state index in [1.807, 2.05) is 6.92 Å². The largest absolute Gasteiger partial charge is 0.466 e. The van der Waals surface area contributed by atoms with Crippen molar-refractivity contribution in [3.8, 4) is 0 Å². The Balaban J connectivity index is 4.01. The third kappa shape index (κ3) is 4.25. The van der Waals surface area contributed by atoms with E-state index in [0.29, 0.717) is 13.2 Å². The summed E-state index contributed by atoms with van der Waals surface area (Å²) in [5.41, 5.74) is 0. The summed E-state index contributed by atoms with van der Waals surface area (Å²) < 4.78 is 4.77. The Kier molecular flexibility index (Phi) is 5.92. The number of ether oxygens (including phenoxy) is 1. The molecule has 0 aliphatic rings. The highest BCUT2D eigenvalue weighted by atomic mass is 16.5. The van der Waals surface area contributed by atoms with Crippen LogP contribution in [0.3, 0.4) is 0 Å². The molecular weight excluding hydrogens is 182 g/mol. The Morgan fingerprint density at radius 1 is 1.36 bits per heavy atom. The van der Waals surface area contributed by atoms with Crippen LogP contribution < -0.4 is 0 Å². The van der Waals surface area contributed by atoms with Crippen LogP contribution >= 0.6 is 0 Å². The van der Waals surface area contributed by atoms with Gasteiger partial charge in [0.2, 0.25) is 5.91 Å². The van der Waals surface area contributed by atoms with Crippen molar-refractivity contribution in [3.63, 3.8) is 0 Å². The van der Waals surface area contributed by atoms with Crippen molar-refractivity contribution in [2.24, 2.45) is 5.92 Å². The van der Waals surface area contributed by atoms with E-state index in [4.69, 9.17) is 4.74 Å². The predicted octanol–water partition coefficient (Wildman–Crippen LogP) is 1.05. The molecule has 0 aliphatic carbocycles. The first-order valence-electron chi connectivity index (χ1n) is 4.93. The van der Waals surface area contributed by atoms with Gasteiger partial charge in [-0.3, -0.25) is 9.59 Å². The van der Waals surface area contributed by atoms with E-state index in [2.05, 4.69) is 0 Å². The van der Waals surface area contributed by atoms with Crippen LogP contribution in [0.25, 0.3) is 0 Å². The van der Waals surface area contributed by atoms with Crippen molar-refractivity contribution < 1.29 is 14.3 Å². The molecule has 0 aliphatic heterocycles. The van der Waals surface area contributed by atoms with Gasteiger partial charge in [0.25, 0.3) is 0 Å². The Morgan fingerprint density at radius 3 is 2.36 bits per heavy atom. The lowest BCUT2D eigenvalue weighted by Crippen LogP contribution is -2.32. The summed E-state index contributed by atoms with van der Waals surface area (Å²) in [5.74, 6) is -0.614. The first kappa shape index (κ1) is 12.9. The molecule has 0 saturated heterocycles. The summed E-state index contributed by atoms with van der Waals surface area (Å²) in [7, 11) is 1.73. The van der Waals surface area contributed by atoms with Crippen LogP contribution in [0.15, 0.2) is 0 Å². The zero-order valence-electron chi connectivity index (χ0n) is 9.37. The maximum atomic E-state index is 11.5. The highest BCUT2D eigenvalue weighted by Gasteiger charge is 2.19. The fourth-order valence-electron chi connectivity index (χ4n) is 1.09. The van der Waals surface area contributed by atoms with Gasteiger partial charge in [-0.2, -0.15) is 0 Å². The fourth-order valence-corrected chi connectivity index (χ4v) is 1.09. The van der Waals surface area contributed by atoms with Crippen LogP contribution in [-0.2, 0) is 14.3 Å². The molecule has 82 valence electrons. The van der Waals surface area contributed by atoms with E-state index in [9.17, 15) is 9.59 Å². The van der Waals surface area contributed by atoms with Gasteiger partial charge in [0.05, 0.1) is 13.0 Å². The Bertz CT molecular complexity index is 204. The average molecular weight is 201 g/mol. The minimum atomic E-state index is -0.308. The highest BCUT2D eigenvalue weighted by molar-refractivity contribution is 5.83. The van der Waals surface area contributed by atoms with Gasteiger partial charge in [0.15, 0.2) is 0 Å². The summed E-state index contributed by atoms with van der Waals surface area (Å²) in [6.07, 6.45) is 0.164. The van der Waals surface area contributed by atoms with Gasteiger partial charge in [-0.05, 0) is 13.8 Å². The Labute approximate surface area is 85.2 Å². The molecule has 4 heteroatoms. The molecule has 0 aromatic rings. The van der Waals surface area contributed by atoms with Gasteiger partial charge in [-0.15, -0.1) is 0 Å². The van der Waals surface area contributed by atoms with E-state index in [0.717, 1.165) is 0 Å². The number of esters is 1. The van der Waals surface area contributed by atoms with Gasteiger partial charge in [0, 0.05) is 19.5 Å². The summed E-state index contributed by atoms with van der Waals surface area (Å²) >= 11 is 0. The Hall–Kier alpha value is -1.06. The summed E-state index contributed by atoms with van der Waals surface area (Å²) in [6, 6.07) is 0. The minimum absolute atomic E-state index is 0.0134. The summed E-state index contributed by atoms with van der Waals surface area (Å²) in [5, 5.41) is 0. The lowest BCUT2D eigenvalue weighted by molar-refractivity contribution is -0.147. The fraction of sp³-hybridized carbons (Fsp3) is 0.800. The molecule has 0 aromatic heterocycles. The average Bonchev–Trinajstić information content (AvgIpc) is 2.15. The molecule has 0 heterocycles. The zero-order valence-corrected chi connectivity index (χ0v) is 9.37. The molecule has 0 saturated carbocycles. The second kappa shape index (κ2) is 6.40. The van der Waals surface area contributed by atoms with Crippen LogP contribution in [0.1, 0.15) is 27.2 Å². The molecule has 0 spiro atoms. The molecular formula is C10H19NO3. The van der Waals surface area contributed by atoms with E-state index >= 15 is 0 Å². The SMILES string of the molecule is CCOC(=O)CC(C)C(=O)N(C)CC. The molecule has 14 heavy (non-hydrogen) atoms. The van der Waals surface area contributed by atoms with Crippen molar-refractivity contribution >= 4 is 11.9 Å². The molecule has 0 rings (SSSR count). The molecule has 0 aromatic carbocycles. The van der Waals surface area contributed by atoms with Gasteiger partial charge >= 0.3 is 5.97 Å². The van der Waals surface area contributed by atoms with E-state index in [-0.39, 0.29) is 24.2 Å². The van der Waals surface area contributed by atoms with Gasteiger partial charge in [-0.25, -0.2) is 0 Å². The smallest absolute Gasteiger partial charge is 0.306 e. The maximum Gasteiger partial charge on any atom is 0.306 e. The lowest BCUT2D eigenvalue weighted by Gasteiger charge is -2.18. The van der Waals surface area contributed by atoms with Crippen LogP contribution in [0.4, 0.5) is 0 Å². The topological polar surface area (TPSA) is 46.6 Å². The molecule has 4 nitrogen and oxygen atoms in total. The summed E-state index contributed by atoms with van der Waals surface area (Å²) in [6.45, 7) is 6.41. The monoisotopic (exact) mass is 201 g/mol. The van der Waals surface area contributed by atoms with E-state index in [1.54, 1.807) is 25.8 Å². The third-order valence-corrected chi connectivity index (χ3v) is 2.05. The molecule has 0 N–H and O–H groups in total. The first-order valence-corrected chi connectivity index (χ1v) is 4.93. The van der Waals surface area contributed by atoms with Crippen molar-refractivity contribution in [2.75, 3.05) is 20.2 Å². The Morgan fingerprint density at radius 2 is 1.93 bits per heavy atom. The maximum absolute atomic E-state index is 11.5. The van der Waals surface area contributed by atoms with Crippen LogP contribution in [0.2, 0.25) is 0 Å². The normalized spacial score (nSPS) is 12.0. The molecule has 1 amide bonds. The molecule has 1 atom stereocenters. The van der Waals surface area contributed by atoms with Crippen molar-refractivity contribution in [1.29, 1.82) is 0 Å². The van der Waals surface area contributed by atoms with Gasteiger partial charge in [-0.1, -0.05) is 6.92 Å². The van der Waals surface area contributed by atoms with E-state index < -0.39 is 0 Å². The number of hydrogen-bond donors (Lipinski definition) is 0. The highest BCUT2D eigenvalue weighted by Crippen LogP contribution is 2.07. The number of carbonyl (C=O) groups is 2. The molecule has 0 bridgehead atoms. The number of rotatable bonds is 5. The molecule has 0 radical (unpaired) electrons. The van der Waals surface area contributed by atoms with Crippen LogP contribution in [0.5, 0.6) is 0 Å². The molecule has 0 fully saturated rings. The van der Waals surface area contributed by atoms with Crippen molar-refractivity contribution in [1.82, 2.24) is 4.90 Å². The second-order valence-corrected chi connectivity index (χ2v) is 3.26. The zero-order chi connectivity index (χ0) is 11.1. The number of amides is 1. The van der Waals surface area contributed by atoms with E-state index in [1.165, 1.54) is 0 Å². The van der Waals surface area contributed by atoms with Gasteiger partial charge < -0.3 is 9.64 Å². The van der Waals surface area contributed by atoms with Crippen LogP contribution in [-0.4, -0.2) is 37.0 Å². The van der Waals surface area contributed by atoms with Gasteiger partial charge in [0.1, 0.15) is 0 Å².